The Morgan fingerprint density at radius 1 is 1.31 bits per heavy atom. The maximum atomic E-state index is 11.4. The summed E-state index contributed by atoms with van der Waals surface area (Å²) in [5.41, 5.74) is 2.09. The van der Waals surface area contributed by atoms with Crippen LogP contribution in [0.25, 0.3) is 17.0 Å². The Hall–Kier alpha value is -2.03. The SMILES string of the molecule is CN(C)C(=O)/C=C/c1cccc2cc[nH]c12. The van der Waals surface area contributed by atoms with E-state index in [-0.39, 0.29) is 5.91 Å². The first-order valence-corrected chi connectivity index (χ1v) is 5.14. The molecule has 1 N–H and O–H groups in total. The van der Waals surface area contributed by atoms with Crippen molar-refractivity contribution in [2.24, 2.45) is 0 Å². The van der Waals surface area contributed by atoms with Crippen LogP contribution >= 0.6 is 0 Å². The summed E-state index contributed by atoms with van der Waals surface area (Å²) < 4.78 is 0. The summed E-state index contributed by atoms with van der Waals surface area (Å²) in [6.45, 7) is 0. The van der Waals surface area contributed by atoms with E-state index < -0.39 is 0 Å². The molecule has 1 amide bonds. The topological polar surface area (TPSA) is 36.1 Å². The molecule has 0 aliphatic rings. The van der Waals surface area contributed by atoms with Crippen LogP contribution in [-0.4, -0.2) is 29.9 Å². The highest BCUT2D eigenvalue weighted by molar-refractivity contribution is 5.95. The largest absolute Gasteiger partial charge is 0.361 e. The zero-order valence-corrected chi connectivity index (χ0v) is 9.40. The van der Waals surface area contributed by atoms with Crippen molar-refractivity contribution in [2.45, 2.75) is 0 Å². The number of aromatic amines is 1. The molecule has 1 heterocycles. The smallest absolute Gasteiger partial charge is 0.246 e. The molecule has 16 heavy (non-hydrogen) atoms. The first kappa shape index (κ1) is 10.5. The van der Waals surface area contributed by atoms with Crippen LogP contribution < -0.4 is 0 Å². The number of nitrogens with zero attached hydrogens (tertiary/aromatic N) is 1. The van der Waals surface area contributed by atoms with E-state index in [2.05, 4.69) is 4.98 Å². The van der Waals surface area contributed by atoms with E-state index in [1.807, 2.05) is 36.5 Å². The minimum atomic E-state index is -0.0106. The van der Waals surface area contributed by atoms with Gasteiger partial charge in [-0.2, -0.15) is 0 Å². The monoisotopic (exact) mass is 214 g/mol. The molecule has 3 nitrogen and oxygen atoms in total. The molecule has 3 heteroatoms. The summed E-state index contributed by atoms with van der Waals surface area (Å²) in [5, 5.41) is 1.15. The van der Waals surface area contributed by atoms with Gasteiger partial charge in [-0.25, -0.2) is 0 Å². The molecule has 0 aliphatic carbocycles. The zero-order valence-electron chi connectivity index (χ0n) is 9.40. The van der Waals surface area contributed by atoms with Crippen LogP contribution in [0.15, 0.2) is 36.5 Å². The highest BCUT2D eigenvalue weighted by Crippen LogP contribution is 2.17. The maximum Gasteiger partial charge on any atom is 0.246 e. The third kappa shape index (κ3) is 1.98. The van der Waals surface area contributed by atoms with E-state index in [1.54, 1.807) is 25.1 Å². The number of amides is 1. The van der Waals surface area contributed by atoms with Gasteiger partial charge in [0.1, 0.15) is 0 Å². The fourth-order valence-electron chi connectivity index (χ4n) is 1.56. The molecule has 82 valence electrons. The fraction of sp³-hybridized carbons (Fsp3) is 0.154. The standard InChI is InChI=1S/C13H14N2O/c1-15(2)12(16)7-6-10-4-3-5-11-8-9-14-13(10)11/h3-9,14H,1-2H3/b7-6+. The van der Waals surface area contributed by atoms with Gasteiger partial charge in [-0.15, -0.1) is 0 Å². The van der Waals surface area contributed by atoms with Crippen molar-refractivity contribution in [3.8, 4) is 0 Å². The average molecular weight is 214 g/mol. The summed E-state index contributed by atoms with van der Waals surface area (Å²) in [6.07, 6.45) is 5.31. The van der Waals surface area contributed by atoms with Crippen molar-refractivity contribution in [3.63, 3.8) is 0 Å². The predicted molar refractivity (Wildman–Crippen MR) is 66.0 cm³/mol. The number of likely N-dealkylation sites (N-methyl/N-ethyl adjacent to an activating group) is 1. The molecule has 0 fully saturated rings. The second-order valence-corrected chi connectivity index (χ2v) is 3.86. The third-order valence-electron chi connectivity index (χ3n) is 2.47. The molecule has 0 bridgehead atoms. The Bertz CT molecular complexity index is 538. The summed E-state index contributed by atoms with van der Waals surface area (Å²) in [7, 11) is 3.48. The van der Waals surface area contributed by atoms with Gasteiger partial charge in [0.05, 0.1) is 5.52 Å². The van der Waals surface area contributed by atoms with Gasteiger partial charge < -0.3 is 9.88 Å². The van der Waals surface area contributed by atoms with E-state index in [4.69, 9.17) is 0 Å². The number of carbonyl (C=O) groups is 1. The average Bonchev–Trinajstić information content (AvgIpc) is 2.73. The third-order valence-corrected chi connectivity index (χ3v) is 2.47. The summed E-state index contributed by atoms with van der Waals surface area (Å²) in [4.78, 5) is 16.1. The second-order valence-electron chi connectivity index (χ2n) is 3.86. The molecular formula is C13H14N2O. The Kier molecular flexibility index (Phi) is 2.77. The number of rotatable bonds is 2. The quantitative estimate of drug-likeness (QED) is 0.765. The van der Waals surface area contributed by atoms with Gasteiger partial charge in [0.25, 0.3) is 0 Å². The molecule has 1 aromatic heterocycles. The number of carbonyl (C=O) groups excluding carboxylic acids is 1. The lowest BCUT2D eigenvalue weighted by Crippen LogP contribution is -2.18. The highest BCUT2D eigenvalue weighted by Gasteiger charge is 2.00. The van der Waals surface area contributed by atoms with Gasteiger partial charge in [0.15, 0.2) is 0 Å². The predicted octanol–water partition coefficient (Wildman–Crippen LogP) is 2.27. The molecule has 0 saturated carbocycles. The maximum absolute atomic E-state index is 11.4. The van der Waals surface area contributed by atoms with E-state index in [0.717, 1.165) is 16.5 Å². The molecule has 2 rings (SSSR count). The van der Waals surface area contributed by atoms with Crippen LogP contribution in [0.2, 0.25) is 0 Å². The van der Waals surface area contributed by atoms with Gasteiger partial charge in [-0.1, -0.05) is 18.2 Å². The lowest BCUT2D eigenvalue weighted by molar-refractivity contribution is -0.123. The van der Waals surface area contributed by atoms with E-state index in [9.17, 15) is 4.79 Å². The molecule has 0 unspecified atom stereocenters. The molecule has 0 spiro atoms. The van der Waals surface area contributed by atoms with Crippen LogP contribution in [0.1, 0.15) is 5.56 Å². The van der Waals surface area contributed by atoms with Crippen molar-refractivity contribution < 1.29 is 4.79 Å². The summed E-state index contributed by atoms with van der Waals surface area (Å²) >= 11 is 0. The first-order valence-electron chi connectivity index (χ1n) is 5.14. The molecule has 1 aromatic carbocycles. The molecule has 0 radical (unpaired) electrons. The van der Waals surface area contributed by atoms with Gasteiger partial charge in [0, 0.05) is 26.4 Å². The van der Waals surface area contributed by atoms with Gasteiger partial charge in [-0.05, 0) is 23.1 Å². The van der Waals surface area contributed by atoms with E-state index >= 15 is 0 Å². The normalized spacial score (nSPS) is 11.1. The fourth-order valence-corrected chi connectivity index (χ4v) is 1.56. The molecular weight excluding hydrogens is 200 g/mol. The number of H-pyrrole nitrogens is 1. The minimum absolute atomic E-state index is 0.0106. The Morgan fingerprint density at radius 3 is 2.88 bits per heavy atom. The van der Waals surface area contributed by atoms with Crippen molar-refractivity contribution >= 4 is 22.9 Å². The Morgan fingerprint density at radius 2 is 2.12 bits per heavy atom. The van der Waals surface area contributed by atoms with E-state index in [1.165, 1.54) is 0 Å². The van der Waals surface area contributed by atoms with Crippen molar-refractivity contribution in [2.75, 3.05) is 14.1 Å². The molecule has 0 aliphatic heterocycles. The second kappa shape index (κ2) is 4.23. The lowest BCUT2D eigenvalue weighted by atomic mass is 10.1. The number of hydrogen-bond donors (Lipinski definition) is 1. The Balaban J connectivity index is 2.34. The van der Waals surface area contributed by atoms with E-state index in [0.29, 0.717) is 0 Å². The van der Waals surface area contributed by atoms with Crippen molar-refractivity contribution in [3.05, 3.63) is 42.1 Å². The number of para-hydroxylation sites is 1. The number of fused-ring (bicyclic) bond motifs is 1. The van der Waals surface area contributed by atoms with Crippen LogP contribution in [0.3, 0.4) is 0 Å². The van der Waals surface area contributed by atoms with Gasteiger partial charge in [0.2, 0.25) is 5.91 Å². The lowest BCUT2D eigenvalue weighted by Gasteiger charge is -2.05. The van der Waals surface area contributed by atoms with Crippen LogP contribution in [0.4, 0.5) is 0 Å². The van der Waals surface area contributed by atoms with Crippen LogP contribution in [0.5, 0.6) is 0 Å². The molecule has 0 atom stereocenters. The zero-order chi connectivity index (χ0) is 11.5. The molecule has 2 aromatic rings. The van der Waals surface area contributed by atoms with Crippen LogP contribution in [-0.2, 0) is 4.79 Å². The highest BCUT2D eigenvalue weighted by atomic mass is 16.2. The van der Waals surface area contributed by atoms with Gasteiger partial charge >= 0.3 is 0 Å². The van der Waals surface area contributed by atoms with Gasteiger partial charge in [-0.3, -0.25) is 4.79 Å². The summed E-state index contributed by atoms with van der Waals surface area (Å²) in [5.74, 6) is -0.0106. The van der Waals surface area contributed by atoms with Crippen LogP contribution in [0, 0.1) is 0 Å². The number of benzene rings is 1. The Labute approximate surface area is 94.4 Å². The molecule has 0 saturated heterocycles. The van der Waals surface area contributed by atoms with Crippen molar-refractivity contribution in [1.29, 1.82) is 0 Å². The number of aromatic nitrogens is 1. The first-order chi connectivity index (χ1) is 7.68. The minimum Gasteiger partial charge on any atom is -0.361 e. The number of hydrogen-bond acceptors (Lipinski definition) is 1. The number of nitrogens with one attached hydrogen (secondary N) is 1. The summed E-state index contributed by atoms with van der Waals surface area (Å²) in [6, 6.07) is 8.02. The van der Waals surface area contributed by atoms with Crippen molar-refractivity contribution in [1.82, 2.24) is 9.88 Å².